The molecule has 5 nitrogen and oxygen atoms in total. The number of likely N-dealkylation sites (N-methyl/N-ethyl adjacent to an activating group) is 1. The van der Waals surface area contributed by atoms with Crippen molar-refractivity contribution in [1.82, 2.24) is 10.2 Å². The lowest BCUT2D eigenvalue weighted by atomic mass is 10.2. The third-order valence-corrected chi connectivity index (χ3v) is 4.55. The van der Waals surface area contributed by atoms with E-state index in [0.717, 1.165) is 4.70 Å². The van der Waals surface area contributed by atoms with Gasteiger partial charge >= 0.3 is 0 Å². The lowest BCUT2D eigenvalue weighted by Gasteiger charge is -2.17. The molecule has 2 aromatic rings. The molecule has 2 rings (SSSR count). The first-order valence-corrected chi connectivity index (χ1v) is 7.51. The van der Waals surface area contributed by atoms with Gasteiger partial charge < -0.3 is 16.0 Å². The normalized spacial score (nSPS) is 12.2. The SMILES string of the molecule is CC(NC(=O)c1sc2cccc(Cl)c2c1N)C(=O)N(C)C. The maximum atomic E-state index is 12.3. The zero-order valence-corrected chi connectivity index (χ0v) is 13.5. The summed E-state index contributed by atoms with van der Waals surface area (Å²) < 4.78 is 0.844. The van der Waals surface area contributed by atoms with Crippen LogP contribution in [0.2, 0.25) is 5.02 Å². The summed E-state index contributed by atoms with van der Waals surface area (Å²) in [4.78, 5) is 25.9. The van der Waals surface area contributed by atoms with E-state index in [0.29, 0.717) is 21.0 Å². The van der Waals surface area contributed by atoms with Gasteiger partial charge in [0.25, 0.3) is 5.91 Å². The number of amides is 2. The van der Waals surface area contributed by atoms with Crippen LogP contribution in [-0.4, -0.2) is 36.9 Å². The summed E-state index contributed by atoms with van der Waals surface area (Å²) in [5.74, 6) is -0.548. The Morgan fingerprint density at radius 2 is 2.05 bits per heavy atom. The van der Waals surface area contributed by atoms with Crippen LogP contribution in [0.15, 0.2) is 18.2 Å². The number of carbonyl (C=O) groups is 2. The average molecular weight is 326 g/mol. The van der Waals surface area contributed by atoms with Gasteiger partial charge in [-0.05, 0) is 19.1 Å². The minimum Gasteiger partial charge on any atom is -0.397 e. The summed E-state index contributed by atoms with van der Waals surface area (Å²) in [6.45, 7) is 1.64. The van der Waals surface area contributed by atoms with Crippen LogP contribution in [-0.2, 0) is 4.79 Å². The second kappa shape index (κ2) is 5.91. The summed E-state index contributed by atoms with van der Waals surface area (Å²) >= 11 is 7.37. The molecular formula is C14H16ClN3O2S. The van der Waals surface area contributed by atoms with Crippen LogP contribution in [0.1, 0.15) is 16.6 Å². The van der Waals surface area contributed by atoms with Crippen molar-refractivity contribution in [3.05, 3.63) is 28.1 Å². The Morgan fingerprint density at radius 1 is 1.38 bits per heavy atom. The highest BCUT2D eigenvalue weighted by molar-refractivity contribution is 7.21. The van der Waals surface area contributed by atoms with Crippen LogP contribution >= 0.6 is 22.9 Å². The zero-order chi connectivity index (χ0) is 15.7. The molecule has 0 saturated carbocycles. The molecule has 0 saturated heterocycles. The fraction of sp³-hybridized carbons (Fsp3) is 0.286. The van der Waals surface area contributed by atoms with E-state index in [-0.39, 0.29) is 11.8 Å². The molecule has 0 aliphatic carbocycles. The third kappa shape index (κ3) is 2.96. The lowest BCUT2D eigenvalue weighted by Crippen LogP contribution is -2.44. The van der Waals surface area contributed by atoms with E-state index in [1.165, 1.54) is 16.2 Å². The van der Waals surface area contributed by atoms with Gasteiger partial charge in [0.2, 0.25) is 5.91 Å². The molecule has 0 spiro atoms. The highest BCUT2D eigenvalue weighted by Gasteiger charge is 2.22. The highest BCUT2D eigenvalue weighted by atomic mass is 35.5. The van der Waals surface area contributed by atoms with Gasteiger partial charge in [-0.2, -0.15) is 0 Å². The molecule has 0 aliphatic heterocycles. The lowest BCUT2D eigenvalue weighted by molar-refractivity contribution is -0.130. The number of hydrogen-bond acceptors (Lipinski definition) is 4. The van der Waals surface area contributed by atoms with E-state index in [1.54, 1.807) is 33.2 Å². The van der Waals surface area contributed by atoms with Gasteiger partial charge in [-0.1, -0.05) is 17.7 Å². The number of carbonyl (C=O) groups excluding carboxylic acids is 2. The number of hydrogen-bond donors (Lipinski definition) is 2. The molecule has 1 unspecified atom stereocenters. The fourth-order valence-corrected chi connectivity index (χ4v) is 3.39. The molecule has 7 heteroatoms. The highest BCUT2D eigenvalue weighted by Crippen LogP contribution is 2.37. The maximum Gasteiger partial charge on any atom is 0.264 e. The monoisotopic (exact) mass is 325 g/mol. The van der Waals surface area contributed by atoms with Gasteiger partial charge in [0, 0.05) is 24.2 Å². The van der Waals surface area contributed by atoms with Gasteiger partial charge in [0.05, 0.1) is 10.7 Å². The first-order valence-electron chi connectivity index (χ1n) is 6.31. The van der Waals surface area contributed by atoms with Crippen LogP contribution in [0.3, 0.4) is 0 Å². The van der Waals surface area contributed by atoms with Gasteiger partial charge in [-0.25, -0.2) is 0 Å². The number of halogens is 1. The van der Waals surface area contributed by atoms with E-state index in [2.05, 4.69) is 5.32 Å². The van der Waals surface area contributed by atoms with Gasteiger partial charge in [0.1, 0.15) is 10.9 Å². The Balaban J connectivity index is 2.30. The summed E-state index contributed by atoms with van der Waals surface area (Å²) in [5.41, 5.74) is 6.37. The molecule has 1 aromatic heterocycles. The van der Waals surface area contributed by atoms with Crippen molar-refractivity contribution in [3.63, 3.8) is 0 Å². The maximum absolute atomic E-state index is 12.3. The first-order chi connectivity index (χ1) is 9.82. The number of fused-ring (bicyclic) bond motifs is 1. The predicted octanol–water partition coefficient (Wildman–Crippen LogP) is 2.34. The molecule has 1 heterocycles. The molecular weight excluding hydrogens is 310 g/mol. The number of nitrogens with one attached hydrogen (secondary N) is 1. The zero-order valence-electron chi connectivity index (χ0n) is 11.9. The first kappa shape index (κ1) is 15.6. The van der Waals surface area contributed by atoms with Crippen molar-refractivity contribution in [1.29, 1.82) is 0 Å². The van der Waals surface area contributed by atoms with E-state index in [9.17, 15) is 9.59 Å². The number of thiophene rings is 1. The van der Waals surface area contributed by atoms with Crippen LogP contribution in [0.5, 0.6) is 0 Å². The minimum absolute atomic E-state index is 0.180. The number of nitrogens with two attached hydrogens (primary N) is 1. The van der Waals surface area contributed by atoms with Crippen molar-refractivity contribution in [2.75, 3.05) is 19.8 Å². The Bertz CT molecular complexity index is 712. The molecule has 1 aromatic carbocycles. The van der Waals surface area contributed by atoms with Crippen LogP contribution in [0.25, 0.3) is 10.1 Å². The van der Waals surface area contributed by atoms with Gasteiger partial charge in [-0.3, -0.25) is 9.59 Å². The fourth-order valence-electron chi connectivity index (χ4n) is 2.01. The number of nitrogen functional groups attached to an aromatic ring is 1. The molecule has 2 amide bonds. The molecule has 1 atom stereocenters. The molecule has 3 N–H and O–H groups in total. The van der Waals surface area contributed by atoms with Crippen LogP contribution in [0.4, 0.5) is 5.69 Å². The number of anilines is 1. The smallest absolute Gasteiger partial charge is 0.264 e. The Hall–Kier alpha value is -1.79. The standard InChI is InChI=1S/C14H16ClN3O2S/c1-7(14(20)18(2)3)17-13(19)12-11(16)10-8(15)5-4-6-9(10)21-12/h4-7H,16H2,1-3H3,(H,17,19). The van der Waals surface area contributed by atoms with Crippen LogP contribution in [0, 0.1) is 0 Å². The number of rotatable bonds is 3. The summed E-state index contributed by atoms with van der Waals surface area (Å²) in [6.07, 6.45) is 0. The Morgan fingerprint density at radius 3 is 2.62 bits per heavy atom. The Labute approximate surface area is 131 Å². The van der Waals surface area contributed by atoms with Crippen molar-refractivity contribution < 1.29 is 9.59 Å². The van der Waals surface area contributed by atoms with E-state index in [1.807, 2.05) is 6.07 Å². The number of benzene rings is 1. The molecule has 0 radical (unpaired) electrons. The topological polar surface area (TPSA) is 75.4 Å². The quantitative estimate of drug-likeness (QED) is 0.909. The molecule has 21 heavy (non-hydrogen) atoms. The van der Waals surface area contributed by atoms with Crippen molar-refractivity contribution in [3.8, 4) is 0 Å². The van der Waals surface area contributed by atoms with E-state index >= 15 is 0 Å². The van der Waals surface area contributed by atoms with Crippen molar-refractivity contribution >= 4 is 50.5 Å². The minimum atomic E-state index is -0.618. The molecule has 112 valence electrons. The summed E-state index contributed by atoms with van der Waals surface area (Å²) in [6, 6.07) is 4.77. The third-order valence-electron chi connectivity index (χ3n) is 3.07. The van der Waals surface area contributed by atoms with Gasteiger partial charge in [-0.15, -0.1) is 11.3 Å². The average Bonchev–Trinajstić information content (AvgIpc) is 2.76. The molecule has 0 fully saturated rings. The second-order valence-corrected chi connectivity index (χ2v) is 6.35. The Kier molecular flexibility index (Phi) is 4.39. The van der Waals surface area contributed by atoms with Gasteiger partial charge in [0.15, 0.2) is 0 Å². The predicted molar refractivity (Wildman–Crippen MR) is 86.9 cm³/mol. The summed E-state index contributed by atoms with van der Waals surface area (Å²) in [5, 5.41) is 3.85. The van der Waals surface area contributed by atoms with Crippen molar-refractivity contribution in [2.24, 2.45) is 0 Å². The number of nitrogens with zero attached hydrogens (tertiary/aromatic N) is 1. The van der Waals surface area contributed by atoms with E-state index in [4.69, 9.17) is 17.3 Å². The van der Waals surface area contributed by atoms with Crippen molar-refractivity contribution in [2.45, 2.75) is 13.0 Å². The summed E-state index contributed by atoms with van der Waals surface area (Å²) in [7, 11) is 3.27. The van der Waals surface area contributed by atoms with Crippen LogP contribution < -0.4 is 11.1 Å². The molecule has 0 aliphatic rings. The molecule has 0 bridgehead atoms. The largest absolute Gasteiger partial charge is 0.397 e. The van der Waals surface area contributed by atoms with E-state index < -0.39 is 6.04 Å². The second-order valence-electron chi connectivity index (χ2n) is 4.89.